The fourth-order valence-corrected chi connectivity index (χ4v) is 1.30. The maximum Gasteiger partial charge on any atom is 0.101 e. The van der Waals surface area contributed by atoms with Crippen molar-refractivity contribution in [3.8, 4) is 12.1 Å². The Morgan fingerprint density at radius 2 is 1.92 bits per heavy atom. The Balaban J connectivity index is 2.60. The second kappa shape index (κ2) is 5.00. The third-order valence-electron chi connectivity index (χ3n) is 1.93. The lowest BCUT2D eigenvalue weighted by Crippen LogP contribution is -2.11. The number of nitriles is 2. The van der Waals surface area contributed by atoms with E-state index in [1.54, 1.807) is 6.08 Å². The molecule has 0 aliphatic carbocycles. The first-order valence-electron chi connectivity index (χ1n) is 4.29. The van der Waals surface area contributed by atoms with Crippen LogP contribution in [0.2, 0.25) is 0 Å². The van der Waals surface area contributed by atoms with E-state index in [4.69, 9.17) is 10.5 Å². The fourth-order valence-electron chi connectivity index (χ4n) is 1.30. The molecule has 3 heteroatoms. The standard InChI is InChI=1S/C10H11N3/c11-5-3-4-10(8-12)9-13-6-1-2-7-13/h3-4,9H,1-2,6-7H2. The summed E-state index contributed by atoms with van der Waals surface area (Å²) < 4.78 is 0. The molecule has 0 amide bonds. The smallest absolute Gasteiger partial charge is 0.101 e. The summed E-state index contributed by atoms with van der Waals surface area (Å²) in [5.41, 5.74) is 0.545. The van der Waals surface area contributed by atoms with Gasteiger partial charge in [-0.25, -0.2) is 0 Å². The van der Waals surface area contributed by atoms with Gasteiger partial charge in [0.25, 0.3) is 0 Å². The molecule has 1 fully saturated rings. The lowest BCUT2D eigenvalue weighted by Gasteiger charge is -2.10. The maximum atomic E-state index is 8.71. The first-order chi connectivity index (χ1) is 6.36. The molecular weight excluding hydrogens is 162 g/mol. The molecule has 0 N–H and O–H groups in total. The van der Waals surface area contributed by atoms with Crippen molar-refractivity contribution >= 4 is 0 Å². The van der Waals surface area contributed by atoms with Gasteiger partial charge in [-0.05, 0) is 18.9 Å². The summed E-state index contributed by atoms with van der Waals surface area (Å²) in [6, 6.07) is 3.91. The molecule has 1 aliphatic rings. The van der Waals surface area contributed by atoms with E-state index in [0.717, 1.165) is 13.1 Å². The van der Waals surface area contributed by atoms with Crippen molar-refractivity contribution < 1.29 is 0 Å². The van der Waals surface area contributed by atoms with Crippen molar-refractivity contribution in [1.29, 1.82) is 10.5 Å². The number of hydrogen-bond donors (Lipinski definition) is 0. The number of hydrogen-bond acceptors (Lipinski definition) is 3. The minimum absolute atomic E-state index is 0.545. The summed E-state index contributed by atoms with van der Waals surface area (Å²) in [5, 5.41) is 17.0. The van der Waals surface area contributed by atoms with Crippen LogP contribution in [0.25, 0.3) is 0 Å². The molecule has 0 unspecified atom stereocenters. The van der Waals surface area contributed by atoms with Crippen LogP contribution in [-0.2, 0) is 0 Å². The van der Waals surface area contributed by atoms with Gasteiger partial charge in [0.2, 0.25) is 0 Å². The van der Waals surface area contributed by atoms with Crippen LogP contribution in [0.1, 0.15) is 12.8 Å². The number of nitrogens with zero attached hydrogens (tertiary/aromatic N) is 3. The Hall–Kier alpha value is -1.74. The van der Waals surface area contributed by atoms with Crippen LogP contribution in [0.15, 0.2) is 23.9 Å². The Labute approximate surface area is 78.2 Å². The Kier molecular flexibility index (Phi) is 3.60. The molecule has 0 atom stereocenters. The van der Waals surface area contributed by atoms with E-state index in [-0.39, 0.29) is 0 Å². The molecule has 66 valence electrons. The van der Waals surface area contributed by atoms with Gasteiger partial charge < -0.3 is 4.90 Å². The van der Waals surface area contributed by atoms with Crippen molar-refractivity contribution in [2.45, 2.75) is 12.8 Å². The first-order valence-corrected chi connectivity index (χ1v) is 4.29. The molecule has 1 aliphatic heterocycles. The maximum absolute atomic E-state index is 8.71. The molecule has 1 saturated heterocycles. The highest BCUT2D eigenvalue weighted by Crippen LogP contribution is 2.09. The van der Waals surface area contributed by atoms with Crippen LogP contribution < -0.4 is 0 Å². The predicted molar refractivity (Wildman–Crippen MR) is 49.3 cm³/mol. The van der Waals surface area contributed by atoms with Crippen LogP contribution in [0, 0.1) is 22.7 Å². The zero-order valence-electron chi connectivity index (χ0n) is 7.40. The topological polar surface area (TPSA) is 50.8 Å². The normalized spacial score (nSPS) is 17.4. The van der Waals surface area contributed by atoms with E-state index in [9.17, 15) is 0 Å². The summed E-state index contributed by atoms with van der Waals surface area (Å²) in [7, 11) is 0. The third-order valence-corrected chi connectivity index (χ3v) is 1.93. The van der Waals surface area contributed by atoms with Gasteiger partial charge >= 0.3 is 0 Å². The van der Waals surface area contributed by atoms with E-state index in [0.29, 0.717) is 5.57 Å². The third kappa shape index (κ3) is 3.01. The van der Waals surface area contributed by atoms with Crippen molar-refractivity contribution in [2.24, 2.45) is 0 Å². The van der Waals surface area contributed by atoms with Crippen LogP contribution in [0.4, 0.5) is 0 Å². The second-order valence-electron chi connectivity index (χ2n) is 2.90. The zero-order chi connectivity index (χ0) is 9.52. The molecule has 0 bridgehead atoms. The number of rotatable bonds is 2. The van der Waals surface area contributed by atoms with Gasteiger partial charge in [-0.1, -0.05) is 0 Å². The molecule has 0 radical (unpaired) electrons. The van der Waals surface area contributed by atoms with Crippen LogP contribution in [0.3, 0.4) is 0 Å². The van der Waals surface area contributed by atoms with Crippen LogP contribution in [0.5, 0.6) is 0 Å². The monoisotopic (exact) mass is 173 g/mol. The summed E-state index contributed by atoms with van der Waals surface area (Å²) in [4.78, 5) is 2.11. The quantitative estimate of drug-likeness (QED) is 0.470. The van der Waals surface area contributed by atoms with Gasteiger partial charge in [0.1, 0.15) is 6.07 Å². The lowest BCUT2D eigenvalue weighted by molar-refractivity contribution is 0.466. The average Bonchev–Trinajstić information content (AvgIpc) is 2.64. The largest absolute Gasteiger partial charge is 0.376 e. The average molecular weight is 173 g/mol. The zero-order valence-corrected chi connectivity index (χ0v) is 7.40. The molecule has 3 nitrogen and oxygen atoms in total. The van der Waals surface area contributed by atoms with Crippen molar-refractivity contribution in [1.82, 2.24) is 4.90 Å². The summed E-state index contributed by atoms with van der Waals surface area (Å²) in [6.07, 6.45) is 7.07. The molecule has 0 saturated carbocycles. The van der Waals surface area contributed by atoms with Gasteiger partial charge in [-0.3, -0.25) is 0 Å². The summed E-state index contributed by atoms with van der Waals surface area (Å²) in [6.45, 7) is 2.04. The SMILES string of the molecule is N#CC=CC(C#N)=CN1CCCC1. The molecule has 1 heterocycles. The predicted octanol–water partition coefficient (Wildman–Crippen LogP) is 1.57. The van der Waals surface area contributed by atoms with Crippen LogP contribution >= 0.6 is 0 Å². The van der Waals surface area contributed by atoms with Gasteiger partial charge in [0.05, 0.1) is 11.6 Å². The van der Waals surface area contributed by atoms with E-state index < -0.39 is 0 Å². The van der Waals surface area contributed by atoms with Gasteiger partial charge in [0.15, 0.2) is 0 Å². The van der Waals surface area contributed by atoms with Crippen molar-refractivity contribution in [3.05, 3.63) is 23.9 Å². The van der Waals surface area contributed by atoms with Crippen molar-refractivity contribution in [2.75, 3.05) is 13.1 Å². The minimum Gasteiger partial charge on any atom is -0.376 e. The molecule has 13 heavy (non-hydrogen) atoms. The summed E-state index contributed by atoms with van der Waals surface area (Å²) >= 11 is 0. The van der Waals surface area contributed by atoms with E-state index in [2.05, 4.69) is 4.90 Å². The molecule has 0 aromatic carbocycles. The lowest BCUT2D eigenvalue weighted by atomic mass is 10.3. The number of allylic oxidation sites excluding steroid dienone is 3. The van der Waals surface area contributed by atoms with E-state index in [1.807, 2.05) is 18.3 Å². The molecule has 1 rings (SSSR count). The minimum atomic E-state index is 0.545. The molecule has 0 aromatic rings. The van der Waals surface area contributed by atoms with Gasteiger partial charge in [-0.2, -0.15) is 10.5 Å². The van der Waals surface area contributed by atoms with E-state index >= 15 is 0 Å². The fraction of sp³-hybridized carbons (Fsp3) is 0.400. The van der Waals surface area contributed by atoms with Crippen molar-refractivity contribution in [3.63, 3.8) is 0 Å². The molecular formula is C10H11N3. The number of likely N-dealkylation sites (tertiary alicyclic amines) is 1. The van der Waals surface area contributed by atoms with Gasteiger partial charge in [0, 0.05) is 25.4 Å². The Morgan fingerprint density at radius 1 is 1.23 bits per heavy atom. The molecule has 0 aromatic heterocycles. The Morgan fingerprint density at radius 3 is 2.46 bits per heavy atom. The van der Waals surface area contributed by atoms with E-state index in [1.165, 1.54) is 18.9 Å². The highest BCUT2D eigenvalue weighted by molar-refractivity contribution is 5.34. The van der Waals surface area contributed by atoms with Gasteiger partial charge in [-0.15, -0.1) is 0 Å². The first kappa shape index (κ1) is 9.35. The second-order valence-corrected chi connectivity index (χ2v) is 2.90. The molecule has 0 spiro atoms. The highest BCUT2D eigenvalue weighted by Gasteiger charge is 2.07. The summed E-state index contributed by atoms with van der Waals surface area (Å²) in [5.74, 6) is 0. The Bertz CT molecular complexity index is 295. The highest BCUT2D eigenvalue weighted by atomic mass is 15.1. The van der Waals surface area contributed by atoms with Crippen LogP contribution in [-0.4, -0.2) is 18.0 Å².